The summed E-state index contributed by atoms with van der Waals surface area (Å²) in [5.74, 6) is 1.06. The van der Waals surface area contributed by atoms with E-state index in [2.05, 4.69) is 17.1 Å². The molecule has 2 aromatic rings. The van der Waals surface area contributed by atoms with Gasteiger partial charge in [0.1, 0.15) is 0 Å². The molecule has 0 bridgehead atoms. The van der Waals surface area contributed by atoms with Crippen LogP contribution in [-0.4, -0.2) is 40.1 Å². The Kier molecular flexibility index (Phi) is 4.20. The molecular formula is C16H20N4O2. The summed E-state index contributed by atoms with van der Waals surface area (Å²) in [6, 6.07) is 5.40. The highest BCUT2D eigenvalue weighted by Crippen LogP contribution is 2.25. The summed E-state index contributed by atoms with van der Waals surface area (Å²) in [5.41, 5.74) is 7.01. The number of aromatic nitrogens is 2. The van der Waals surface area contributed by atoms with Crippen LogP contribution in [-0.2, 0) is 0 Å². The number of pyridine rings is 1. The Balaban J connectivity index is 1.79. The van der Waals surface area contributed by atoms with Crippen molar-refractivity contribution < 1.29 is 9.32 Å². The Morgan fingerprint density at radius 3 is 2.95 bits per heavy atom. The van der Waals surface area contributed by atoms with E-state index in [1.807, 2.05) is 17.0 Å². The Morgan fingerprint density at radius 2 is 2.23 bits per heavy atom. The average molecular weight is 300 g/mol. The van der Waals surface area contributed by atoms with Crippen LogP contribution in [0.15, 0.2) is 35.1 Å². The van der Waals surface area contributed by atoms with E-state index in [1.165, 1.54) is 0 Å². The van der Waals surface area contributed by atoms with Gasteiger partial charge in [0.25, 0.3) is 5.91 Å². The minimum absolute atomic E-state index is 0.0809. The lowest BCUT2D eigenvalue weighted by Crippen LogP contribution is -2.49. The highest BCUT2D eigenvalue weighted by Gasteiger charge is 2.31. The van der Waals surface area contributed by atoms with Crippen molar-refractivity contribution in [3.05, 3.63) is 36.3 Å². The van der Waals surface area contributed by atoms with Crippen molar-refractivity contribution in [1.82, 2.24) is 15.0 Å². The zero-order chi connectivity index (χ0) is 15.5. The van der Waals surface area contributed by atoms with Crippen LogP contribution in [0.2, 0.25) is 0 Å². The summed E-state index contributed by atoms with van der Waals surface area (Å²) in [5, 5.41) is 3.93. The Labute approximate surface area is 129 Å². The van der Waals surface area contributed by atoms with Crippen molar-refractivity contribution in [2.45, 2.75) is 25.8 Å². The van der Waals surface area contributed by atoms with Gasteiger partial charge in [0.05, 0.1) is 0 Å². The van der Waals surface area contributed by atoms with Gasteiger partial charge in [-0.2, -0.15) is 0 Å². The molecule has 1 aliphatic rings. The molecule has 1 amide bonds. The van der Waals surface area contributed by atoms with Gasteiger partial charge in [0.2, 0.25) is 0 Å². The van der Waals surface area contributed by atoms with Crippen molar-refractivity contribution in [2.75, 3.05) is 13.1 Å². The minimum atomic E-state index is -0.105. The van der Waals surface area contributed by atoms with Crippen molar-refractivity contribution in [2.24, 2.45) is 11.7 Å². The summed E-state index contributed by atoms with van der Waals surface area (Å²) in [4.78, 5) is 18.4. The van der Waals surface area contributed by atoms with Crippen LogP contribution in [0.3, 0.4) is 0 Å². The van der Waals surface area contributed by atoms with Gasteiger partial charge in [-0.05, 0) is 30.9 Å². The standard InChI is InChI=1S/C16H20N4O2/c1-11-4-7-20(13(8-11)10-17)16(21)14-9-15(22-19-14)12-2-5-18-6-3-12/h2-3,5-6,9,11,13H,4,7-8,10,17H2,1H3. The monoisotopic (exact) mass is 300 g/mol. The topological polar surface area (TPSA) is 85.2 Å². The maximum Gasteiger partial charge on any atom is 0.276 e. The molecule has 3 rings (SSSR count). The molecule has 1 fully saturated rings. The SMILES string of the molecule is CC1CCN(C(=O)c2cc(-c3ccncc3)on2)C(CN)C1. The zero-order valence-electron chi connectivity index (χ0n) is 12.6. The number of rotatable bonds is 3. The first-order chi connectivity index (χ1) is 10.7. The zero-order valence-corrected chi connectivity index (χ0v) is 12.6. The van der Waals surface area contributed by atoms with Gasteiger partial charge in [0.15, 0.2) is 11.5 Å². The third-order valence-corrected chi connectivity index (χ3v) is 4.21. The normalized spacial score (nSPS) is 21.8. The molecule has 116 valence electrons. The van der Waals surface area contributed by atoms with Crippen LogP contribution in [0.5, 0.6) is 0 Å². The van der Waals surface area contributed by atoms with Gasteiger partial charge in [-0.3, -0.25) is 9.78 Å². The summed E-state index contributed by atoms with van der Waals surface area (Å²) in [7, 11) is 0. The van der Waals surface area contributed by atoms with Crippen LogP contribution in [0.1, 0.15) is 30.3 Å². The molecule has 6 nitrogen and oxygen atoms in total. The second-order valence-corrected chi connectivity index (χ2v) is 5.83. The molecule has 2 atom stereocenters. The lowest BCUT2D eigenvalue weighted by atomic mass is 9.92. The van der Waals surface area contributed by atoms with Gasteiger partial charge >= 0.3 is 0 Å². The third kappa shape index (κ3) is 2.87. The maximum atomic E-state index is 12.7. The number of piperidine rings is 1. The minimum Gasteiger partial charge on any atom is -0.355 e. The molecule has 6 heteroatoms. The molecule has 0 spiro atoms. The van der Waals surface area contributed by atoms with E-state index in [-0.39, 0.29) is 11.9 Å². The Hall–Kier alpha value is -2.21. The van der Waals surface area contributed by atoms with E-state index in [1.54, 1.807) is 18.5 Å². The largest absolute Gasteiger partial charge is 0.355 e. The smallest absolute Gasteiger partial charge is 0.276 e. The molecule has 0 aliphatic carbocycles. The summed E-state index contributed by atoms with van der Waals surface area (Å²) in [6.45, 7) is 3.40. The van der Waals surface area contributed by atoms with Crippen LogP contribution >= 0.6 is 0 Å². The number of hydrogen-bond donors (Lipinski definition) is 1. The summed E-state index contributed by atoms with van der Waals surface area (Å²) >= 11 is 0. The molecule has 22 heavy (non-hydrogen) atoms. The predicted molar refractivity (Wildman–Crippen MR) is 82.0 cm³/mol. The fraction of sp³-hybridized carbons (Fsp3) is 0.438. The molecule has 1 aliphatic heterocycles. The molecule has 2 N–H and O–H groups in total. The van der Waals surface area contributed by atoms with Crippen molar-refractivity contribution >= 4 is 5.91 Å². The highest BCUT2D eigenvalue weighted by atomic mass is 16.5. The molecule has 0 aromatic carbocycles. The van der Waals surface area contributed by atoms with Crippen molar-refractivity contribution in [3.63, 3.8) is 0 Å². The van der Waals surface area contributed by atoms with Gasteiger partial charge in [-0.15, -0.1) is 0 Å². The van der Waals surface area contributed by atoms with E-state index in [0.29, 0.717) is 23.9 Å². The lowest BCUT2D eigenvalue weighted by Gasteiger charge is -2.37. The van der Waals surface area contributed by atoms with Crippen LogP contribution in [0, 0.1) is 5.92 Å². The number of nitrogens with zero attached hydrogens (tertiary/aromatic N) is 3. The van der Waals surface area contributed by atoms with Gasteiger partial charge in [-0.25, -0.2) is 0 Å². The number of hydrogen-bond acceptors (Lipinski definition) is 5. The molecule has 0 saturated carbocycles. The summed E-state index contributed by atoms with van der Waals surface area (Å²) < 4.78 is 5.30. The number of carbonyl (C=O) groups is 1. The van der Waals surface area contributed by atoms with E-state index in [9.17, 15) is 4.79 Å². The molecular weight excluding hydrogens is 280 g/mol. The summed E-state index contributed by atoms with van der Waals surface area (Å²) in [6.07, 6.45) is 5.29. The van der Waals surface area contributed by atoms with E-state index in [4.69, 9.17) is 10.3 Å². The van der Waals surface area contributed by atoms with Gasteiger partial charge in [0, 0.05) is 43.2 Å². The van der Waals surface area contributed by atoms with E-state index >= 15 is 0 Å². The fourth-order valence-electron chi connectivity index (χ4n) is 2.92. The van der Waals surface area contributed by atoms with E-state index in [0.717, 1.165) is 24.9 Å². The lowest BCUT2D eigenvalue weighted by molar-refractivity contribution is 0.0563. The van der Waals surface area contributed by atoms with Gasteiger partial charge < -0.3 is 15.2 Å². The first-order valence-electron chi connectivity index (χ1n) is 7.57. The van der Waals surface area contributed by atoms with Crippen molar-refractivity contribution in [1.29, 1.82) is 0 Å². The van der Waals surface area contributed by atoms with Crippen LogP contribution in [0.25, 0.3) is 11.3 Å². The molecule has 0 radical (unpaired) electrons. The van der Waals surface area contributed by atoms with Crippen LogP contribution in [0.4, 0.5) is 0 Å². The van der Waals surface area contributed by atoms with Crippen molar-refractivity contribution in [3.8, 4) is 11.3 Å². The molecule has 2 unspecified atom stereocenters. The second-order valence-electron chi connectivity index (χ2n) is 5.83. The Bertz CT molecular complexity index is 641. The van der Waals surface area contributed by atoms with Gasteiger partial charge in [-0.1, -0.05) is 12.1 Å². The maximum absolute atomic E-state index is 12.7. The molecule has 2 aromatic heterocycles. The molecule has 1 saturated heterocycles. The van der Waals surface area contributed by atoms with E-state index < -0.39 is 0 Å². The highest BCUT2D eigenvalue weighted by molar-refractivity contribution is 5.93. The second kappa shape index (κ2) is 6.27. The number of nitrogens with two attached hydrogens (primary N) is 1. The predicted octanol–water partition coefficient (Wildman–Crippen LogP) is 1.94. The first-order valence-corrected chi connectivity index (χ1v) is 7.57. The number of carbonyl (C=O) groups excluding carboxylic acids is 1. The third-order valence-electron chi connectivity index (χ3n) is 4.21. The average Bonchev–Trinajstić information content (AvgIpc) is 3.05. The molecule has 3 heterocycles. The Morgan fingerprint density at radius 1 is 1.45 bits per heavy atom. The fourth-order valence-corrected chi connectivity index (χ4v) is 2.92. The van der Waals surface area contributed by atoms with Crippen LogP contribution < -0.4 is 5.73 Å². The first kappa shape index (κ1) is 14.7. The number of likely N-dealkylation sites (tertiary alicyclic amines) is 1. The quantitative estimate of drug-likeness (QED) is 0.936. The number of amides is 1.